The molecule has 0 radical (unpaired) electrons. The van der Waals surface area contributed by atoms with E-state index in [2.05, 4.69) is 30.7 Å². The predicted octanol–water partition coefficient (Wildman–Crippen LogP) is 1.80. The monoisotopic (exact) mass is 311 g/mol. The van der Waals surface area contributed by atoms with Crippen LogP contribution in [0.25, 0.3) is 0 Å². The van der Waals surface area contributed by atoms with Gasteiger partial charge in [0.25, 0.3) is 5.91 Å². The fraction of sp³-hybridized carbons (Fsp3) is 0.733. The van der Waals surface area contributed by atoms with Gasteiger partial charge in [-0.2, -0.15) is 0 Å². The summed E-state index contributed by atoms with van der Waals surface area (Å²) in [7, 11) is 0. The molecule has 0 spiro atoms. The summed E-state index contributed by atoms with van der Waals surface area (Å²) < 4.78 is 0. The van der Waals surface area contributed by atoms with E-state index in [-0.39, 0.29) is 18.6 Å². The molecule has 1 atom stereocenters. The Balaban J connectivity index is 1.93. The van der Waals surface area contributed by atoms with E-state index < -0.39 is 0 Å². The van der Waals surface area contributed by atoms with Gasteiger partial charge in [-0.3, -0.25) is 9.69 Å². The molecule has 1 saturated heterocycles. The molecule has 1 aromatic rings. The van der Waals surface area contributed by atoms with Crippen molar-refractivity contribution in [1.82, 2.24) is 14.8 Å². The number of rotatable bonds is 5. The fourth-order valence-corrected chi connectivity index (χ4v) is 3.49. The highest BCUT2D eigenvalue weighted by atomic mass is 32.1. The summed E-state index contributed by atoms with van der Waals surface area (Å²) in [5.74, 6) is 0.458. The molecule has 1 aliphatic heterocycles. The van der Waals surface area contributed by atoms with Crippen molar-refractivity contribution in [1.29, 1.82) is 0 Å². The number of hydrogen-bond acceptors (Lipinski definition) is 5. The van der Waals surface area contributed by atoms with Crippen molar-refractivity contribution in [3.63, 3.8) is 0 Å². The van der Waals surface area contributed by atoms with Crippen LogP contribution in [0.4, 0.5) is 0 Å². The average molecular weight is 311 g/mol. The van der Waals surface area contributed by atoms with E-state index in [9.17, 15) is 9.90 Å². The normalized spacial score (nSPS) is 18.2. The summed E-state index contributed by atoms with van der Waals surface area (Å²) in [6.45, 7) is 9.58. The highest BCUT2D eigenvalue weighted by Crippen LogP contribution is 2.22. The lowest BCUT2D eigenvalue weighted by atomic mass is 10.1. The Morgan fingerprint density at radius 3 is 2.52 bits per heavy atom. The maximum Gasteiger partial charge on any atom is 0.265 e. The van der Waals surface area contributed by atoms with Crippen LogP contribution in [0.1, 0.15) is 47.8 Å². The third-order valence-electron chi connectivity index (χ3n) is 4.03. The van der Waals surface area contributed by atoms with Gasteiger partial charge in [0.1, 0.15) is 4.88 Å². The van der Waals surface area contributed by atoms with Crippen LogP contribution in [0.15, 0.2) is 6.20 Å². The number of aliphatic hydroxyl groups is 1. The van der Waals surface area contributed by atoms with Crippen LogP contribution in [0.2, 0.25) is 0 Å². The number of amides is 1. The number of nitrogens with zero attached hydrogens (tertiary/aromatic N) is 3. The number of thiazole rings is 1. The molecule has 0 saturated carbocycles. The van der Waals surface area contributed by atoms with Gasteiger partial charge in [-0.05, 0) is 6.42 Å². The van der Waals surface area contributed by atoms with Crippen LogP contribution >= 0.6 is 11.3 Å². The van der Waals surface area contributed by atoms with Gasteiger partial charge in [0, 0.05) is 38.1 Å². The van der Waals surface area contributed by atoms with Crippen molar-refractivity contribution in [2.75, 3.05) is 32.8 Å². The Labute approximate surface area is 130 Å². The molecule has 6 heteroatoms. The highest BCUT2D eigenvalue weighted by Gasteiger charge is 2.26. The Kier molecular flexibility index (Phi) is 5.72. The quantitative estimate of drug-likeness (QED) is 0.901. The lowest BCUT2D eigenvalue weighted by Gasteiger charge is -2.38. The number of aromatic nitrogens is 1. The predicted molar refractivity (Wildman–Crippen MR) is 84.8 cm³/mol. The number of aliphatic hydroxyl groups excluding tert-OH is 1. The second-order valence-electron chi connectivity index (χ2n) is 5.79. The summed E-state index contributed by atoms with van der Waals surface area (Å²) in [6, 6.07) is 0.221. The summed E-state index contributed by atoms with van der Waals surface area (Å²) in [6.07, 6.45) is 2.65. The maximum absolute atomic E-state index is 12.5. The molecule has 0 bridgehead atoms. The molecule has 2 rings (SSSR count). The van der Waals surface area contributed by atoms with Crippen molar-refractivity contribution in [2.45, 2.75) is 39.2 Å². The first-order chi connectivity index (χ1) is 10.1. The topological polar surface area (TPSA) is 56.7 Å². The molecule has 1 aliphatic rings. The van der Waals surface area contributed by atoms with E-state index in [1.54, 1.807) is 6.20 Å². The summed E-state index contributed by atoms with van der Waals surface area (Å²) in [5, 5.41) is 10.4. The van der Waals surface area contributed by atoms with E-state index in [1.165, 1.54) is 11.3 Å². The lowest BCUT2D eigenvalue weighted by Crippen LogP contribution is -2.52. The van der Waals surface area contributed by atoms with E-state index >= 15 is 0 Å². The zero-order valence-corrected chi connectivity index (χ0v) is 13.9. The molecule has 118 valence electrons. The van der Waals surface area contributed by atoms with Crippen molar-refractivity contribution in [3.8, 4) is 0 Å². The maximum atomic E-state index is 12.5. The number of carbonyl (C=O) groups is 1. The Bertz CT molecular complexity index is 463. The van der Waals surface area contributed by atoms with Crippen molar-refractivity contribution < 1.29 is 9.90 Å². The largest absolute Gasteiger partial charge is 0.395 e. The first kappa shape index (κ1) is 16.4. The fourth-order valence-electron chi connectivity index (χ4n) is 2.60. The molecular formula is C15H25N3O2S. The molecule has 0 aliphatic carbocycles. The SMILES string of the molecule is CCC(CO)N1CCN(C(=O)c2cnc(C(C)C)s2)CC1. The van der Waals surface area contributed by atoms with Gasteiger partial charge in [-0.1, -0.05) is 20.8 Å². The minimum absolute atomic E-state index is 0.0936. The minimum atomic E-state index is 0.0936. The van der Waals surface area contributed by atoms with Crippen LogP contribution in [-0.2, 0) is 0 Å². The van der Waals surface area contributed by atoms with E-state index in [0.29, 0.717) is 5.92 Å². The van der Waals surface area contributed by atoms with E-state index in [4.69, 9.17) is 0 Å². The Hall–Kier alpha value is -0.980. The van der Waals surface area contributed by atoms with Crippen molar-refractivity contribution in [3.05, 3.63) is 16.1 Å². The number of piperazine rings is 1. The highest BCUT2D eigenvalue weighted by molar-refractivity contribution is 7.13. The van der Waals surface area contributed by atoms with Crippen LogP contribution in [0, 0.1) is 0 Å². The molecule has 5 nitrogen and oxygen atoms in total. The molecule has 21 heavy (non-hydrogen) atoms. The first-order valence-electron chi connectivity index (χ1n) is 7.66. The van der Waals surface area contributed by atoms with Gasteiger partial charge in [0.05, 0.1) is 17.8 Å². The Morgan fingerprint density at radius 1 is 1.38 bits per heavy atom. The molecular weight excluding hydrogens is 286 g/mol. The van der Waals surface area contributed by atoms with Gasteiger partial charge < -0.3 is 10.0 Å². The van der Waals surface area contributed by atoms with Crippen LogP contribution < -0.4 is 0 Å². The third-order valence-corrected chi connectivity index (χ3v) is 5.31. The first-order valence-corrected chi connectivity index (χ1v) is 8.48. The molecule has 1 amide bonds. The van der Waals surface area contributed by atoms with Crippen LogP contribution in [-0.4, -0.2) is 64.6 Å². The summed E-state index contributed by atoms with van der Waals surface area (Å²) in [4.78, 5) is 21.7. The van der Waals surface area contributed by atoms with Gasteiger partial charge in [-0.15, -0.1) is 11.3 Å². The standard InChI is InChI=1S/C15H25N3O2S/c1-4-12(10-19)17-5-7-18(8-6-17)15(20)13-9-16-14(21-13)11(2)3/h9,11-12,19H,4-8,10H2,1-3H3. The van der Waals surface area contributed by atoms with Crippen molar-refractivity contribution >= 4 is 17.2 Å². The van der Waals surface area contributed by atoms with Gasteiger partial charge in [-0.25, -0.2) is 4.98 Å². The van der Waals surface area contributed by atoms with E-state index in [1.807, 2.05) is 4.90 Å². The average Bonchev–Trinajstić information content (AvgIpc) is 2.98. The molecule has 1 fully saturated rings. The molecule has 1 N–H and O–H groups in total. The molecule has 0 aromatic carbocycles. The summed E-state index contributed by atoms with van der Waals surface area (Å²) in [5.41, 5.74) is 0. The summed E-state index contributed by atoms with van der Waals surface area (Å²) >= 11 is 1.50. The lowest BCUT2D eigenvalue weighted by molar-refractivity contribution is 0.0476. The molecule has 1 unspecified atom stereocenters. The molecule has 1 aromatic heterocycles. The van der Waals surface area contributed by atoms with Crippen molar-refractivity contribution in [2.24, 2.45) is 0 Å². The van der Waals surface area contributed by atoms with E-state index in [0.717, 1.165) is 42.5 Å². The second kappa shape index (κ2) is 7.33. The minimum Gasteiger partial charge on any atom is -0.395 e. The third kappa shape index (κ3) is 3.81. The Morgan fingerprint density at radius 2 is 2.05 bits per heavy atom. The van der Waals surface area contributed by atoms with Crippen LogP contribution in [0.5, 0.6) is 0 Å². The van der Waals surface area contributed by atoms with Gasteiger partial charge in [0.15, 0.2) is 0 Å². The number of hydrogen-bond donors (Lipinski definition) is 1. The molecule has 2 heterocycles. The van der Waals surface area contributed by atoms with Gasteiger partial charge >= 0.3 is 0 Å². The zero-order valence-electron chi connectivity index (χ0n) is 13.1. The second-order valence-corrected chi connectivity index (χ2v) is 6.85. The van der Waals surface area contributed by atoms with Crippen LogP contribution in [0.3, 0.4) is 0 Å². The smallest absolute Gasteiger partial charge is 0.265 e. The number of carbonyl (C=O) groups excluding carboxylic acids is 1. The zero-order chi connectivity index (χ0) is 15.4. The van der Waals surface area contributed by atoms with Gasteiger partial charge in [0.2, 0.25) is 0 Å².